The van der Waals surface area contributed by atoms with Gasteiger partial charge in [-0.1, -0.05) is 52.0 Å². The Hall–Kier alpha value is -3.02. The number of benzene rings is 1. The van der Waals surface area contributed by atoms with E-state index in [0.717, 1.165) is 23.1 Å². The van der Waals surface area contributed by atoms with Gasteiger partial charge in [-0.2, -0.15) is 5.10 Å². The quantitative estimate of drug-likeness (QED) is 0.556. The smallest absolute Gasteiger partial charge is 0.158 e. The van der Waals surface area contributed by atoms with Gasteiger partial charge in [-0.3, -0.25) is 4.99 Å². The van der Waals surface area contributed by atoms with Gasteiger partial charge in [-0.25, -0.2) is 14.1 Å². The minimum Gasteiger partial charge on any atom is -0.405 e. The Morgan fingerprint density at radius 1 is 1.24 bits per heavy atom. The normalized spacial score (nSPS) is 10.2. The molecule has 0 unspecified atom stereocenters. The second-order valence-electron chi connectivity index (χ2n) is 5.82. The number of hydrogen-bond donors (Lipinski definition) is 1. The van der Waals surface area contributed by atoms with E-state index in [9.17, 15) is 4.39 Å². The number of fused-ring (bicyclic) bond motifs is 1. The van der Waals surface area contributed by atoms with E-state index in [1.807, 2.05) is 39.0 Å². The van der Waals surface area contributed by atoms with Gasteiger partial charge >= 0.3 is 0 Å². The molecule has 0 aliphatic heterocycles. The van der Waals surface area contributed by atoms with E-state index in [-0.39, 0.29) is 13.2 Å². The third-order valence-electron chi connectivity index (χ3n) is 3.97. The zero-order chi connectivity index (χ0) is 20.9. The summed E-state index contributed by atoms with van der Waals surface area (Å²) in [5, 5.41) is 5.40. The first kappa shape index (κ1) is 26.0. The molecule has 158 valence electrons. The van der Waals surface area contributed by atoms with Crippen LogP contribution in [0.25, 0.3) is 11.0 Å². The van der Waals surface area contributed by atoms with E-state index in [0.29, 0.717) is 18.7 Å². The number of aliphatic imine (C=N–C) groups is 1. The highest BCUT2D eigenvalue weighted by Gasteiger charge is 2.12. The van der Waals surface area contributed by atoms with Crippen molar-refractivity contribution in [2.75, 3.05) is 0 Å². The Morgan fingerprint density at radius 3 is 2.48 bits per heavy atom. The van der Waals surface area contributed by atoms with Crippen LogP contribution in [0.5, 0.6) is 0 Å². The van der Waals surface area contributed by atoms with E-state index in [1.54, 1.807) is 29.2 Å². The number of nitrogens with zero attached hydrogens (tertiary/aromatic N) is 4. The van der Waals surface area contributed by atoms with Crippen LogP contribution in [0.1, 0.15) is 52.8 Å². The van der Waals surface area contributed by atoms with E-state index < -0.39 is 0 Å². The second-order valence-corrected chi connectivity index (χ2v) is 5.82. The van der Waals surface area contributed by atoms with Crippen molar-refractivity contribution in [3.63, 3.8) is 0 Å². The zero-order valence-corrected chi connectivity index (χ0v) is 17.2. The van der Waals surface area contributed by atoms with Gasteiger partial charge in [0.1, 0.15) is 5.82 Å². The predicted molar refractivity (Wildman–Crippen MR) is 123 cm³/mol. The molecule has 0 fully saturated rings. The maximum Gasteiger partial charge on any atom is 0.158 e. The highest BCUT2D eigenvalue weighted by Crippen LogP contribution is 2.19. The Labute approximate surface area is 174 Å². The minimum atomic E-state index is -0.240. The molecule has 5 nitrogen and oxygen atoms in total. The van der Waals surface area contributed by atoms with Gasteiger partial charge in [-0.05, 0) is 44.5 Å². The fourth-order valence-corrected chi connectivity index (χ4v) is 2.31. The Bertz CT molecular complexity index is 899. The van der Waals surface area contributed by atoms with Crippen LogP contribution in [0.3, 0.4) is 0 Å². The second kappa shape index (κ2) is 14.0. The molecule has 0 spiro atoms. The lowest BCUT2D eigenvalue weighted by Crippen LogP contribution is -2.04. The van der Waals surface area contributed by atoms with Crippen molar-refractivity contribution < 1.29 is 4.39 Å². The van der Waals surface area contributed by atoms with Crippen molar-refractivity contribution in [1.82, 2.24) is 14.8 Å². The lowest BCUT2D eigenvalue weighted by molar-refractivity contribution is 0.587. The predicted octanol–water partition coefficient (Wildman–Crippen LogP) is 5.74. The van der Waals surface area contributed by atoms with Crippen molar-refractivity contribution >= 4 is 17.8 Å². The summed E-state index contributed by atoms with van der Waals surface area (Å²) in [6.07, 6.45) is 4.41. The van der Waals surface area contributed by atoms with Crippen LogP contribution in [0.4, 0.5) is 4.39 Å². The molecule has 3 aromatic rings. The zero-order valence-electron chi connectivity index (χ0n) is 17.2. The molecular formula is C23H34FN5. The average molecular weight is 400 g/mol. The van der Waals surface area contributed by atoms with Crippen molar-refractivity contribution in [2.45, 2.75) is 54.6 Å². The summed E-state index contributed by atoms with van der Waals surface area (Å²) in [4.78, 5) is 8.19. The Balaban J connectivity index is 0.000000756. The average Bonchev–Trinajstić information content (AvgIpc) is 3.09. The highest BCUT2D eigenvalue weighted by molar-refractivity contribution is 5.78. The molecular weight excluding hydrogens is 365 g/mol. The fraction of sp³-hybridized carbons (Fsp3) is 0.348. The number of allylic oxidation sites excluding steroid dienone is 1. The summed E-state index contributed by atoms with van der Waals surface area (Å²) in [5.41, 5.74) is 8.49. The van der Waals surface area contributed by atoms with Gasteiger partial charge in [-0.15, -0.1) is 0 Å². The summed E-state index contributed by atoms with van der Waals surface area (Å²) in [6.45, 7) is 12.4. The maximum atomic E-state index is 13.7. The molecule has 2 N–H and O–H groups in total. The molecule has 2 heterocycles. The minimum absolute atomic E-state index is 0. The molecule has 29 heavy (non-hydrogen) atoms. The molecule has 0 atom stereocenters. The van der Waals surface area contributed by atoms with Gasteiger partial charge in [0.05, 0.1) is 18.8 Å². The van der Waals surface area contributed by atoms with Gasteiger partial charge in [0.2, 0.25) is 0 Å². The third-order valence-corrected chi connectivity index (χ3v) is 3.97. The SMILES string of the molecule is C.C=NCc1nn(Cc2ccccc2F)c2ncccc12.CC.CC/C(C)=C/N. The monoisotopic (exact) mass is 399 g/mol. The van der Waals surface area contributed by atoms with Crippen LogP contribution in [0.15, 0.2) is 59.4 Å². The molecule has 0 saturated heterocycles. The highest BCUT2D eigenvalue weighted by atomic mass is 19.1. The third kappa shape index (κ3) is 7.49. The molecule has 0 radical (unpaired) electrons. The van der Waals surface area contributed by atoms with Crippen LogP contribution in [0, 0.1) is 5.82 Å². The van der Waals surface area contributed by atoms with Gasteiger partial charge in [0.15, 0.2) is 5.65 Å². The Morgan fingerprint density at radius 2 is 1.93 bits per heavy atom. The summed E-state index contributed by atoms with van der Waals surface area (Å²) < 4.78 is 15.4. The first-order valence-corrected chi connectivity index (χ1v) is 9.44. The van der Waals surface area contributed by atoms with Gasteiger partial charge in [0, 0.05) is 17.1 Å². The first-order chi connectivity index (χ1) is 13.6. The molecule has 0 aliphatic rings. The largest absolute Gasteiger partial charge is 0.405 e. The fourth-order valence-electron chi connectivity index (χ4n) is 2.31. The summed E-state index contributed by atoms with van der Waals surface area (Å²) in [5.74, 6) is -0.240. The Kier molecular flexibility index (Phi) is 12.6. The van der Waals surface area contributed by atoms with Crippen LogP contribution < -0.4 is 5.73 Å². The van der Waals surface area contributed by atoms with Crippen LogP contribution in [-0.4, -0.2) is 21.5 Å². The summed E-state index contributed by atoms with van der Waals surface area (Å²) in [7, 11) is 0. The van der Waals surface area contributed by atoms with Crippen molar-refractivity contribution in [3.05, 3.63) is 71.4 Å². The molecule has 0 bridgehead atoms. The first-order valence-electron chi connectivity index (χ1n) is 9.44. The molecule has 0 amide bonds. The van der Waals surface area contributed by atoms with Gasteiger partial charge in [0.25, 0.3) is 0 Å². The number of halogens is 1. The number of pyridine rings is 1. The van der Waals surface area contributed by atoms with E-state index in [1.165, 1.54) is 11.6 Å². The summed E-state index contributed by atoms with van der Waals surface area (Å²) >= 11 is 0. The van der Waals surface area contributed by atoms with Crippen LogP contribution in [-0.2, 0) is 13.1 Å². The topological polar surface area (TPSA) is 69.1 Å². The number of rotatable bonds is 5. The van der Waals surface area contributed by atoms with E-state index >= 15 is 0 Å². The van der Waals surface area contributed by atoms with Crippen LogP contribution in [0.2, 0.25) is 0 Å². The maximum absolute atomic E-state index is 13.7. The molecule has 2 aromatic heterocycles. The standard InChI is InChI=1S/C15H13FN4.C5H11N.C2H6.CH4/c1-17-9-14-12-6-4-8-18-15(12)20(19-14)10-11-5-2-3-7-13(11)16;1-3-5(2)4-6;1-2;/h2-8H,1,9-10H2;4H,3,6H2,1-2H3;1-2H3;1H4/b;5-4+;;. The lowest BCUT2D eigenvalue weighted by atomic mass is 10.2. The lowest BCUT2D eigenvalue weighted by Gasteiger charge is -2.04. The van der Waals surface area contributed by atoms with Gasteiger partial charge < -0.3 is 5.73 Å². The van der Waals surface area contributed by atoms with Crippen molar-refractivity contribution in [2.24, 2.45) is 10.7 Å². The van der Waals surface area contributed by atoms with Crippen LogP contribution >= 0.6 is 0 Å². The van der Waals surface area contributed by atoms with E-state index in [4.69, 9.17) is 5.73 Å². The van der Waals surface area contributed by atoms with E-state index in [2.05, 4.69) is 28.7 Å². The molecule has 0 saturated carbocycles. The molecule has 6 heteroatoms. The molecule has 0 aliphatic carbocycles. The molecule has 3 rings (SSSR count). The van der Waals surface area contributed by atoms with Crippen molar-refractivity contribution in [3.8, 4) is 0 Å². The summed E-state index contributed by atoms with van der Waals surface area (Å²) in [6, 6.07) is 10.5. The van der Waals surface area contributed by atoms with Crippen molar-refractivity contribution in [1.29, 1.82) is 0 Å². The number of aromatic nitrogens is 3. The number of nitrogens with two attached hydrogens (primary N) is 1. The molecule has 1 aromatic carbocycles. The number of hydrogen-bond acceptors (Lipinski definition) is 4.